The summed E-state index contributed by atoms with van der Waals surface area (Å²) in [5.74, 6) is 0.815. The Morgan fingerprint density at radius 2 is 2.19 bits per heavy atom. The zero-order valence-corrected chi connectivity index (χ0v) is 12.6. The maximum absolute atomic E-state index is 9.21. The number of anilines is 1. The van der Waals surface area contributed by atoms with Crippen LogP contribution in [0, 0.1) is 11.3 Å². The topological polar surface area (TPSA) is 56.1 Å². The highest BCUT2D eigenvalue weighted by Crippen LogP contribution is 2.18. The maximum Gasteiger partial charge on any atom is 0.146 e. The molecule has 2 aromatic heterocycles. The van der Waals surface area contributed by atoms with E-state index in [1.54, 1.807) is 17.5 Å². The fourth-order valence-corrected chi connectivity index (χ4v) is 3.17. The zero-order chi connectivity index (χ0) is 14.5. The second-order valence-electron chi connectivity index (χ2n) is 5.08. The molecule has 0 unspecified atom stereocenters. The predicted octanol–water partition coefficient (Wildman–Crippen LogP) is 2.12. The van der Waals surface area contributed by atoms with Crippen LogP contribution in [-0.2, 0) is 6.54 Å². The Hall–Kier alpha value is -1.97. The maximum atomic E-state index is 9.21. The molecule has 0 spiro atoms. The van der Waals surface area contributed by atoms with Crippen molar-refractivity contribution in [2.45, 2.75) is 13.0 Å². The molecule has 1 aliphatic heterocycles. The van der Waals surface area contributed by atoms with Gasteiger partial charge in [0.05, 0.1) is 16.8 Å². The van der Waals surface area contributed by atoms with Crippen LogP contribution >= 0.6 is 11.3 Å². The van der Waals surface area contributed by atoms with Gasteiger partial charge in [0.1, 0.15) is 11.9 Å². The van der Waals surface area contributed by atoms with Gasteiger partial charge in [-0.3, -0.25) is 4.90 Å². The van der Waals surface area contributed by atoms with Gasteiger partial charge in [0.25, 0.3) is 0 Å². The monoisotopic (exact) mass is 299 g/mol. The fourth-order valence-electron chi connectivity index (χ4n) is 2.62. The van der Waals surface area contributed by atoms with Crippen molar-refractivity contribution < 1.29 is 0 Å². The van der Waals surface area contributed by atoms with Gasteiger partial charge in [-0.25, -0.2) is 9.97 Å². The van der Waals surface area contributed by atoms with Crippen molar-refractivity contribution in [2.75, 3.05) is 31.1 Å². The van der Waals surface area contributed by atoms with Crippen molar-refractivity contribution in [1.29, 1.82) is 5.26 Å². The average Bonchev–Trinajstić information content (AvgIpc) is 2.92. The summed E-state index contributed by atoms with van der Waals surface area (Å²) >= 11 is 1.64. The van der Waals surface area contributed by atoms with Crippen molar-refractivity contribution in [2.24, 2.45) is 0 Å². The van der Waals surface area contributed by atoms with Crippen LogP contribution in [0.4, 0.5) is 5.82 Å². The molecule has 108 valence electrons. The minimum Gasteiger partial charge on any atom is -0.354 e. The number of thiazole rings is 1. The van der Waals surface area contributed by atoms with Crippen LogP contribution in [0.2, 0.25) is 0 Å². The second-order valence-corrected chi connectivity index (χ2v) is 5.80. The molecule has 1 saturated heterocycles. The molecule has 6 heteroatoms. The smallest absolute Gasteiger partial charge is 0.146 e. The molecule has 0 bridgehead atoms. The van der Waals surface area contributed by atoms with Gasteiger partial charge in [0.15, 0.2) is 0 Å². The largest absolute Gasteiger partial charge is 0.354 e. The molecule has 1 fully saturated rings. The van der Waals surface area contributed by atoms with Crippen LogP contribution < -0.4 is 4.90 Å². The third kappa shape index (κ3) is 3.38. The van der Waals surface area contributed by atoms with Crippen molar-refractivity contribution in [3.8, 4) is 6.07 Å². The third-order valence-corrected chi connectivity index (χ3v) is 4.30. The van der Waals surface area contributed by atoms with Gasteiger partial charge in [0.2, 0.25) is 0 Å². The molecule has 0 radical (unpaired) electrons. The molecule has 5 nitrogen and oxygen atoms in total. The summed E-state index contributed by atoms with van der Waals surface area (Å²) < 4.78 is 0. The van der Waals surface area contributed by atoms with Crippen LogP contribution in [0.3, 0.4) is 0 Å². The van der Waals surface area contributed by atoms with Crippen molar-refractivity contribution in [1.82, 2.24) is 14.9 Å². The lowest BCUT2D eigenvalue weighted by Crippen LogP contribution is -2.31. The van der Waals surface area contributed by atoms with Gasteiger partial charge < -0.3 is 4.90 Å². The van der Waals surface area contributed by atoms with Crippen LogP contribution in [0.15, 0.2) is 29.2 Å². The average molecular weight is 299 g/mol. The quantitative estimate of drug-likeness (QED) is 0.869. The molecule has 0 amide bonds. The van der Waals surface area contributed by atoms with E-state index in [4.69, 9.17) is 0 Å². The molecular weight excluding hydrogens is 282 g/mol. The number of aromatic nitrogens is 2. The minimum atomic E-state index is 0.658. The Balaban J connectivity index is 1.67. The third-order valence-electron chi connectivity index (χ3n) is 3.66. The predicted molar refractivity (Wildman–Crippen MR) is 83.2 cm³/mol. The molecule has 0 atom stereocenters. The van der Waals surface area contributed by atoms with Crippen LogP contribution in [0.25, 0.3) is 0 Å². The Kier molecular flexibility index (Phi) is 4.43. The Morgan fingerprint density at radius 1 is 1.24 bits per heavy atom. The van der Waals surface area contributed by atoms with Crippen LogP contribution in [0.5, 0.6) is 0 Å². The van der Waals surface area contributed by atoms with Crippen LogP contribution in [-0.4, -0.2) is 41.0 Å². The molecule has 0 saturated carbocycles. The second kappa shape index (κ2) is 6.66. The molecule has 0 aromatic carbocycles. The Morgan fingerprint density at radius 3 is 3.00 bits per heavy atom. The van der Waals surface area contributed by atoms with Gasteiger partial charge in [-0.15, -0.1) is 11.3 Å². The van der Waals surface area contributed by atoms with Gasteiger partial charge in [-0.1, -0.05) is 0 Å². The van der Waals surface area contributed by atoms with Crippen molar-refractivity contribution in [3.63, 3.8) is 0 Å². The first-order chi connectivity index (χ1) is 10.4. The normalized spacial score (nSPS) is 16.4. The minimum absolute atomic E-state index is 0.658. The van der Waals surface area contributed by atoms with Gasteiger partial charge in [-0.2, -0.15) is 5.26 Å². The number of hydrogen-bond acceptors (Lipinski definition) is 6. The fraction of sp³-hybridized carbons (Fsp3) is 0.400. The van der Waals surface area contributed by atoms with Crippen molar-refractivity contribution in [3.05, 3.63) is 40.5 Å². The SMILES string of the molecule is N#Cc1cccnc1N1CCCN(Cc2cscn2)CC1. The lowest BCUT2D eigenvalue weighted by molar-refractivity contribution is 0.282. The summed E-state index contributed by atoms with van der Waals surface area (Å²) in [7, 11) is 0. The van der Waals surface area contributed by atoms with Gasteiger partial charge in [-0.05, 0) is 18.6 Å². The molecule has 3 heterocycles. The number of hydrogen-bond donors (Lipinski definition) is 0. The lowest BCUT2D eigenvalue weighted by atomic mass is 10.2. The van der Waals surface area contributed by atoms with E-state index in [1.807, 2.05) is 17.6 Å². The van der Waals surface area contributed by atoms with Gasteiger partial charge >= 0.3 is 0 Å². The van der Waals surface area contributed by atoms with E-state index in [0.717, 1.165) is 50.7 Å². The highest BCUT2D eigenvalue weighted by atomic mass is 32.1. The van der Waals surface area contributed by atoms with E-state index in [2.05, 4.69) is 31.2 Å². The summed E-state index contributed by atoms with van der Waals surface area (Å²) in [6.45, 7) is 4.78. The first-order valence-corrected chi connectivity index (χ1v) is 8.00. The first kappa shape index (κ1) is 14.0. The lowest BCUT2D eigenvalue weighted by Gasteiger charge is -2.23. The first-order valence-electron chi connectivity index (χ1n) is 7.06. The van der Waals surface area contributed by atoms with Crippen LogP contribution in [0.1, 0.15) is 17.7 Å². The zero-order valence-electron chi connectivity index (χ0n) is 11.8. The molecule has 0 aliphatic carbocycles. The molecule has 0 N–H and O–H groups in total. The van der Waals surface area contributed by atoms with Gasteiger partial charge in [0, 0.05) is 44.3 Å². The number of pyridine rings is 1. The standard InChI is InChI=1S/C15H17N5S/c16-9-13-3-1-4-17-15(13)20-6-2-5-19(7-8-20)10-14-11-21-12-18-14/h1,3-4,11-12H,2,5-8,10H2. The molecule has 2 aromatic rings. The van der Waals surface area contributed by atoms with E-state index >= 15 is 0 Å². The number of rotatable bonds is 3. The summed E-state index contributed by atoms with van der Waals surface area (Å²) in [6.07, 6.45) is 2.83. The summed E-state index contributed by atoms with van der Waals surface area (Å²) in [6, 6.07) is 5.88. The van der Waals surface area contributed by atoms with E-state index < -0.39 is 0 Å². The Bertz CT molecular complexity index is 619. The van der Waals surface area contributed by atoms with E-state index in [0.29, 0.717) is 5.56 Å². The van der Waals surface area contributed by atoms with E-state index in [9.17, 15) is 5.26 Å². The highest BCUT2D eigenvalue weighted by molar-refractivity contribution is 7.07. The van der Waals surface area contributed by atoms with E-state index in [1.165, 1.54) is 0 Å². The number of nitriles is 1. The number of nitrogens with zero attached hydrogens (tertiary/aromatic N) is 5. The van der Waals surface area contributed by atoms with E-state index in [-0.39, 0.29) is 0 Å². The molecular formula is C15H17N5S. The molecule has 3 rings (SSSR count). The summed E-state index contributed by atoms with van der Waals surface area (Å²) in [5.41, 5.74) is 3.68. The highest BCUT2D eigenvalue weighted by Gasteiger charge is 2.18. The summed E-state index contributed by atoms with van der Waals surface area (Å²) in [4.78, 5) is 13.4. The van der Waals surface area contributed by atoms with Crippen molar-refractivity contribution >= 4 is 17.2 Å². The molecule has 1 aliphatic rings. The Labute approximate surface area is 128 Å². The molecule has 21 heavy (non-hydrogen) atoms. The summed E-state index contributed by atoms with van der Waals surface area (Å²) in [5, 5.41) is 11.3.